The predicted octanol–water partition coefficient (Wildman–Crippen LogP) is 9.29. The number of benzene rings is 2. The van der Waals surface area contributed by atoms with E-state index >= 15 is 0 Å². The molecule has 1 saturated heterocycles. The molecule has 6 nitrogen and oxygen atoms in total. The molecule has 1 saturated carbocycles. The summed E-state index contributed by atoms with van der Waals surface area (Å²) < 4.78 is 39.5. The normalized spacial score (nSPS) is 24.2. The summed E-state index contributed by atoms with van der Waals surface area (Å²) in [6.07, 6.45) is 12.8. The zero-order chi connectivity index (χ0) is 32.8. The van der Waals surface area contributed by atoms with Crippen LogP contribution < -0.4 is 4.74 Å². The van der Waals surface area contributed by atoms with Gasteiger partial charge in [0.25, 0.3) is 0 Å². The van der Waals surface area contributed by atoms with E-state index in [0.29, 0.717) is 32.3 Å². The summed E-state index contributed by atoms with van der Waals surface area (Å²) in [5.41, 5.74) is 6.74. The summed E-state index contributed by atoms with van der Waals surface area (Å²) in [6, 6.07) is 13.9. The van der Waals surface area contributed by atoms with Crippen molar-refractivity contribution in [3.05, 3.63) is 64.2 Å². The Balaban J connectivity index is 1.48. The topological polar surface area (TPSA) is 55.4 Å². The minimum absolute atomic E-state index is 0.235. The third-order valence-electron chi connectivity index (χ3n) is 9.86. The van der Waals surface area contributed by atoms with Gasteiger partial charge in [-0.1, -0.05) is 83.7 Å². The van der Waals surface area contributed by atoms with E-state index < -0.39 is 0 Å². The lowest BCUT2D eigenvalue weighted by atomic mass is 9.87. The molecule has 2 fully saturated rings. The predicted molar refractivity (Wildman–Crippen MR) is 189 cm³/mol. The van der Waals surface area contributed by atoms with Crippen LogP contribution in [0.3, 0.4) is 0 Å². The highest BCUT2D eigenvalue weighted by atomic mass is 16.6. The molecule has 6 heteroatoms. The largest absolute Gasteiger partial charge is 0.493 e. The molecule has 262 valence electrons. The molecule has 1 aliphatic carbocycles. The molecular formula is C41H62O6. The summed E-state index contributed by atoms with van der Waals surface area (Å²) >= 11 is 0. The SMILES string of the molecule is CCCCOC[C@H]1OC(c2ccc(C3CC3)c(Cc3ccc4c(c3)CCCO4)c2)C(OCCCC)[C@@H](OCCCC)C1OCCCC. The fourth-order valence-electron chi connectivity index (χ4n) is 6.92. The molecule has 0 bridgehead atoms. The van der Waals surface area contributed by atoms with Gasteiger partial charge in [-0.15, -0.1) is 0 Å². The van der Waals surface area contributed by atoms with Crippen molar-refractivity contribution in [2.45, 2.75) is 148 Å². The van der Waals surface area contributed by atoms with Gasteiger partial charge in [-0.3, -0.25) is 0 Å². The van der Waals surface area contributed by atoms with Crippen molar-refractivity contribution in [2.75, 3.05) is 39.6 Å². The molecule has 3 unspecified atom stereocenters. The van der Waals surface area contributed by atoms with Crippen LogP contribution in [0, 0.1) is 0 Å². The molecule has 2 aromatic rings. The van der Waals surface area contributed by atoms with Crippen molar-refractivity contribution in [1.29, 1.82) is 0 Å². The van der Waals surface area contributed by atoms with Gasteiger partial charge in [0.2, 0.25) is 0 Å². The van der Waals surface area contributed by atoms with Crippen LogP contribution in [0.1, 0.15) is 138 Å². The Bertz CT molecular complexity index is 1190. The number of aryl methyl sites for hydroxylation is 1. The molecule has 0 aromatic heterocycles. The Morgan fingerprint density at radius 3 is 2.11 bits per heavy atom. The van der Waals surface area contributed by atoms with Crippen LogP contribution in [0.2, 0.25) is 0 Å². The van der Waals surface area contributed by atoms with Crippen molar-refractivity contribution in [3.8, 4) is 5.75 Å². The molecule has 0 spiro atoms. The average molecular weight is 651 g/mol. The molecule has 47 heavy (non-hydrogen) atoms. The van der Waals surface area contributed by atoms with E-state index in [4.69, 9.17) is 28.4 Å². The number of ether oxygens (including phenoxy) is 6. The standard InChI is InChI=1S/C41H62O6/c1-5-9-21-42-29-37-39(44-22-10-6-2)41(46-24-12-8-4)40(45-23-11-7-3)38(47-37)33-18-19-35(31-16-17-31)34(28-33)27-30-15-20-36-32(26-30)14-13-25-43-36/h15,18-20,26,28,31,37-41H,5-14,16-17,21-25,27,29H2,1-4H3/t37-,38?,39?,40?,41+/m1/s1. The number of hydrogen-bond acceptors (Lipinski definition) is 6. The Morgan fingerprint density at radius 1 is 0.723 bits per heavy atom. The second-order valence-electron chi connectivity index (χ2n) is 13.9. The minimum atomic E-state index is -0.270. The molecule has 2 aromatic carbocycles. The molecule has 5 rings (SSSR count). The van der Waals surface area contributed by atoms with Crippen molar-refractivity contribution in [2.24, 2.45) is 0 Å². The van der Waals surface area contributed by atoms with E-state index in [0.717, 1.165) is 89.6 Å². The van der Waals surface area contributed by atoms with Crippen LogP contribution in [0.4, 0.5) is 0 Å². The van der Waals surface area contributed by atoms with E-state index in [1.165, 1.54) is 40.7 Å². The van der Waals surface area contributed by atoms with Crippen molar-refractivity contribution in [3.63, 3.8) is 0 Å². The minimum Gasteiger partial charge on any atom is -0.493 e. The summed E-state index contributed by atoms with van der Waals surface area (Å²) in [6.45, 7) is 12.9. The van der Waals surface area contributed by atoms with Gasteiger partial charge < -0.3 is 28.4 Å². The number of fused-ring (bicyclic) bond motifs is 1. The Hall–Kier alpha value is -1.96. The molecule has 2 heterocycles. The second kappa shape index (κ2) is 19.3. The highest BCUT2D eigenvalue weighted by Crippen LogP contribution is 2.44. The van der Waals surface area contributed by atoms with Crippen LogP contribution in [0.5, 0.6) is 5.75 Å². The highest BCUT2D eigenvalue weighted by Gasteiger charge is 2.49. The van der Waals surface area contributed by atoms with Crippen LogP contribution >= 0.6 is 0 Å². The fraction of sp³-hybridized carbons (Fsp3) is 0.707. The smallest absolute Gasteiger partial charge is 0.122 e. The average Bonchev–Trinajstić information content (AvgIpc) is 3.94. The molecule has 0 radical (unpaired) electrons. The highest BCUT2D eigenvalue weighted by molar-refractivity contribution is 5.44. The molecule has 2 aliphatic heterocycles. The van der Waals surface area contributed by atoms with E-state index in [1.807, 2.05) is 0 Å². The molecule has 0 amide bonds. The van der Waals surface area contributed by atoms with E-state index in [-0.39, 0.29) is 30.5 Å². The molecule has 3 aliphatic rings. The third-order valence-corrected chi connectivity index (χ3v) is 9.86. The first-order chi connectivity index (χ1) is 23.2. The first-order valence-corrected chi connectivity index (χ1v) is 19.1. The fourth-order valence-corrected chi connectivity index (χ4v) is 6.92. The van der Waals surface area contributed by atoms with Crippen LogP contribution in [-0.4, -0.2) is 64.1 Å². The maximum atomic E-state index is 7.10. The molecular weight excluding hydrogens is 588 g/mol. The van der Waals surface area contributed by atoms with Gasteiger partial charge in [-0.25, -0.2) is 0 Å². The lowest BCUT2D eigenvalue weighted by molar-refractivity contribution is -0.268. The maximum absolute atomic E-state index is 7.10. The van der Waals surface area contributed by atoms with Crippen molar-refractivity contribution in [1.82, 2.24) is 0 Å². The van der Waals surface area contributed by atoms with E-state index in [9.17, 15) is 0 Å². The summed E-state index contributed by atoms with van der Waals surface area (Å²) in [5, 5.41) is 0. The molecule has 0 N–H and O–H groups in total. The van der Waals surface area contributed by atoms with Crippen LogP contribution in [-0.2, 0) is 36.5 Å². The van der Waals surface area contributed by atoms with Crippen molar-refractivity contribution >= 4 is 0 Å². The Morgan fingerprint density at radius 2 is 1.40 bits per heavy atom. The van der Waals surface area contributed by atoms with E-state index in [2.05, 4.69) is 64.1 Å². The monoisotopic (exact) mass is 650 g/mol. The van der Waals surface area contributed by atoms with Crippen LogP contribution in [0.15, 0.2) is 36.4 Å². The Labute approximate surface area is 285 Å². The van der Waals surface area contributed by atoms with Gasteiger partial charge in [-0.05, 0) is 97.6 Å². The first kappa shape index (κ1) is 36.3. The van der Waals surface area contributed by atoms with Crippen molar-refractivity contribution < 1.29 is 28.4 Å². The maximum Gasteiger partial charge on any atom is 0.122 e. The zero-order valence-corrected chi connectivity index (χ0v) is 29.8. The lowest BCUT2D eigenvalue weighted by Gasteiger charge is -2.46. The van der Waals surface area contributed by atoms with E-state index in [1.54, 1.807) is 0 Å². The van der Waals surface area contributed by atoms with Gasteiger partial charge >= 0.3 is 0 Å². The number of rotatable bonds is 21. The van der Waals surface area contributed by atoms with Crippen LogP contribution in [0.25, 0.3) is 0 Å². The quantitative estimate of drug-likeness (QED) is 0.126. The zero-order valence-electron chi connectivity index (χ0n) is 29.8. The number of unbranched alkanes of at least 4 members (excludes halogenated alkanes) is 4. The first-order valence-electron chi connectivity index (χ1n) is 19.1. The summed E-state index contributed by atoms with van der Waals surface area (Å²) in [5.74, 6) is 1.71. The van der Waals surface area contributed by atoms with Gasteiger partial charge in [0.15, 0.2) is 0 Å². The Kier molecular flexibility index (Phi) is 14.9. The van der Waals surface area contributed by atoms with Gasteiger partial charge in [-0.2, -0.15) is 0 Å². The lowest BCUT2D eigenvalue weighted by Crippen LogP contribution is -2.58. The van der Waals surface area contributed by atoms with Gasteiger partial charge in [0, 0.05) is 26.4 Å². The number of hydrogen-bond donors (Lipinski definition) is 0. The second-order valence-corrected chi connectivity index (χ2v) is 13.9. The summed E-state index contributed by atoms with van der Waals surface area (Å²) in [4.78, 5) is 0. The molecule has 5 atom stereocenters. The van der Waals surface area contributed by atoms with Gasteiger partial charge in [0.1, 0.15) is 36.3 Å². The summed E-state index contributed by atoms with van der Waals surface area (Å²) in [7, 11) is 0. The third kappa shape index (κ3) is 10.3. The van der Waals surface area contributed by atoms with Gasteiger partial charge in [0.05, 0.1) is 13.2 Å².